The van der Waals surface area contributed by atoms with Crippen molar-refractivity contribution >= 4 is 40.5 Å². The van der Waals surface area contributed by atoms with Crippen LogP contribution in [0.1, 0.15) is 31.7 Å². The molecule has 0 bridgehead atoms. The highest BCUT2D eigenvalue weighted by Gasteiger charge is 2.27. The van der Waals surface area contributed by atoms with Crippen LogP contribution in [0.3, 0.4) is 0 Å². The van der Waals surface area contributed by atoms with Crippen molar-refractivity contribution in [3.8, 4) is 0 Å². The van der Waals surface area contributed by atoms with E-state index in [9.17, 15) is 4.79 Å². The molecule has 0 spiro atoms. The number of piperidine rings is 1. The lowest BCUT2D eigenvalue weighted by Crippen LogP contribution is -2.29. The minimum Gasteiger partial charge on any atom is -0.371 e. The topological polar surface area (TPSA) is 23.6 Å². The molecule has 0 aliphatic carbocycles. The van der Waals surface area contributed by atoms with E-state index in [0.717, 1.165) is 29.7 Å². The van der Waals surface area contributed by atoms with Gasteiger partial charge in [-0.1, -0.05) is 35.5 Å². The molecule has 1 saturated heterocycles. The van der Waals surface area contributed by atoms with Crippen LogP contribution in [0, 0.1) is 0 Å². The maximum absolute atomic E-state index is 11.8. The summed E-state index contributed by atoms with van der Waals surface area (Å²) in [5.41, 5.74) is 3.63. The molecule has 0 radical (unpaired) electrons. The number of carbonyl (C=O) groups is 1. The molecule has 0 atom stereocenters. The third kappa shape index (κ3) is 4.17. The number of benzene rings is 2. The first-order valence-corrected chi connectivity index (χ1v) is 10.6. The van der Waals surface area contributed by atoms with Crippen LogP contribution in [0.2, 0.25) is 5.02 Å². The minimum atomic E-state index is 0.0719. The van der Waals surface area contributed by atoms with Crippen molar-refractivity contribution in [3.05, 3.63) is 64.2 Å². The predicted octanol–water partition coefficient (Wildman–Crippen LogP) is 5.87. The summed E-state index contributed by atoms with van der Waals surface area (Å²) in [7, 11) is 0. The van der Waals surface area contributed by atoms with Crippen molar-refractivity contribution in [2.75, 3.05) is 22.9 Å². The quantitative estimate of drug-likeness (QED) is 0.600. The Bertz CT molecular complexity index is 872. The van der Waals surface area contributed by atoms with Gasteiger partial charge in [-0.25, -0.2) is 0 Å². The van der Waals surface area contributed by atoms with Crippen molar-refractivity contribution < 1.29 is 4.79 Å². The fraction of sp³-hybridized carbons (Fsp3) is 0.318. The van der Waals surface area contributed by atoms with Crippen LogP contribution in [0.5, 0.6) is 0 Å². The number of anilines is 2. The zero-order valence-electron chi connectivity index (χ0n) is 15.5. The molecule has 27 heavy (non-hydrogen) atoms. The van der Waals surface area contributed by atoms with Crippen molar-refractivity contribution in [2.24, 2.45) is 0 Å². The van der Waals surface area contributed by atoms with Crippen LogP contribution < -0.4 is 9.80 Å². The van der Waals surface area contributed by atoms with E-state index in [-0.39, 0.29) is 5.78 Å². The molecule has 2 aliphatic heterocycles. The molecule has 0 N–H and O–H groups in total. The summed E-state index contributed by atoms with van der Waals surface area (Å²) in [5.74, 6) is 0.0719. The second kappa shape index (κ2) is 7.99. The van der Waals surface area contributed by atoms with E-state index in [0.29, 0.717) is 0 Å². The van der Waals surface area contributed by atoms with Gasteiger partial charge in [0.25, 0.3) is 0 Å². The normalized spacial score (nSPS) is 18.1. The molecule has 140 valence electrons. The fourth-order valence-corrected chi connectivity index (χ4v) is 4.91. The van der Waals surface area contributed by atoms with Crippen molar-refractivity contribution in [1.82, 2.24) is 0 Å². The number of hydrogen-bond donors (Lipinski definition) is 0. The Kier molecular flexibility index (Phi) is 5.46. The molecule has 1 fully saturated rings. The molecule has 3 nitrogen and oxygen atoms in total. The maximum Gasteiger partial charge on any atom is 0.155 e. The number of thioether (sulfide) groups is 1. The van der Waals surface area contributed by atoms with Gasteiger partial charge in [-0.3, -0.25) is 4.79 Å². The van der Waals surface area contributed by atoms with Gasteiger partial charge in [-0.15, -0.1) is 0 Å². The third-order valence-corrected chi connectivity index (χ3v) is 6.38. The van der Waals surface area contributed by atoms with E-state index in [2.05, 4.69) is 28.0 Å². The van der Waals surface area contributed by atoms with Crippen LogP contribution in [-0.4, -0.2) is 18.9 Å². The monoisotopic (exact) mass is 398 g/mol. The molecule has 0 unspecified atom stereocenters. The second-order valence-electron chi connectivity index (χ2n) is 7.11. The number of rotatable bonds is 4. The largest absolute Gasteiger partial charge is 0.371 e. The van der Waals surface area contributed by atoms with Crippen molar-refractivity contribution in [1.29, 1.82) is 0 Å². The Morgan fingerprint density at radius 1 is 1.11 bits per heavy atom. The van der Waals surface area contributed by atoms with Gasteiger partial charge in [0, 0.05) is 41.3 Å². The molecule has 5 heteroatoms. The Hall–Kier alpha value is -1.91. The summed E-state index contributed by atoms with van der Waals surface area (Å²) in [6.07, 6.45) is 5.58. The number of ketones is 1. The van der Waals surface area contributed by atoms with E-state index in [1.807, 2.05) is 24.3 Å². The molecule has 0 aromatic heterocycles. The second-order valence-corrected chi connectivity index (χ2v) is 8.61. The van der Waals surface area contributed by atoms with Crippen molar-refractivity contribution in [3.63, 3.8) is 0 Å². The number of nitrogens with zero attached hydrogens (tertiary/aromatic N) is 2. The van der Waals surface area contributed by atoms with Crippen LogP contribution in [0.15, 0.2) is 58.5 Å². The van der Waals surface area contributed by atoms with E-state index in [1.165, 1.54) is 41.1 Å². The summed E-state index contributed by atoms with van der Waals surface area (Å²) in [4.78, 5) is 17.7. The predicted molar refractivity (Wildman–Crippen MR) is 115 cm³/mol. The number of fused-ring (bicyclic) bond motifs is 1. The summed E-state index contributed by atoms with van der Waals surface area (Å²) in [6.45, 7) is 4.58. The highest BCUT2D eigenvalue weighted by atomic mass is 35.5. The average molecular weight is 399 g/mol. The van der Waals surface area contributed by atoms with Crippen molar-refractivity contribution in [2.45, 2.75) is 37.6 Å². The SMILES string of the molecule is CC(=O)/C=C1\Sc2ccc(N3CCCCC3)cc2N1Cc1ccc(Cl)cc1. The highest BCUT2D eigenvalue weighted by molar-refractivity contribution is 8.03. The standard InChI is InChI=1S/C22H23ClN2OS/c1-16(26)13-22-25(15-17-5-7-18(23)8-6-17)20-14-19(9-10-21(20)27-22)24-11-3-2-4-12-24/h5-10,13-14H,2-4,11-12,15H2,1H3/b22-13-. The Balaban J connectivity index is 1.68. The number of carbonyl (C=O) groups excluding carboxylic acids is 1. The van der Waals surface area contributed by atoms with Crippen LogP contribution in [-0.2, 0) is 11.3 Å². The minimum absolute atomic E-state index is 0.0719. The number of halogens is 1. The molecule has 0 amide bonds. The highest BCUT2D eigenvalue weighted by Crippen LogP contribution is 2.48. The first-order valence-electron chi connectivity index (χ1n) is 9.41. The molecule has 2 aromatic carbocycles. The molecular formula is C22H23ClN2OS. The molecule has 2 heterocycles. The van der Waals surface area contributed by atoms with Gasteiger partial charge in [0.15, 0.2) is 5.78 Å². The van der Waals surface area contributed by atoms with Gasteiger partial charge in [0.05, 0.1) is 10.7 Å². The zero-order chi connectivity index (χ0) is 18.8. The van der Waals surface area contributed by atoms with Crippen LogP contribution in [0.25, 0.3) is 0 Å². The van der Waals surface area contributed by atoms with Gasteiger partial charge < -0.3 is 9.80 Å². The molecule has 2 aliphatic rings. The van der Waals surface area contributed by atoms with Gasteiger partial charge >= 0.3 is 0 Å². The maximum atomic E-state index is 11.8. The van der Waals surface area contributed by atoms with E-state index < -0.39 is 0 Å². The van der Waals surface area contributed by atoms with E-state index in [4.69, 9.17) is 11.6 Å². The smallest absolute Gasteiger partial charge is 0.155 e. The third-order valence-electron chi connectivity index (χ3n) is 5.02. The first-order chi connectivity index (χ1) is 13.1. The Morgan fingerprint density at radius 3 is 2.56 bits per heavy atom. The lowest BCUT2D eigenvalue weighted by molar-refractivity contribution is -0.112. The summed E-state index contributed by atoms with van der Waals surface area (Å²) in [6, 6.07) is 14.6. The lowest BCUT2D eigenvalue weighted by atomic mass is 10.1. The first kappa shape index (κ1) is 18.5. The van der Waals surface area contributed by atoms with E-state index in [1.54, 1.807) is 24.8 Å². The van der Waals surface area contributed by atoms with Gasteiger partial charge in [-0.05, 0) is 62.1 Å². The Labute approximate surface area is 170 Å². The number of hydrogen-bond acceptors (Lipinski definition) is 4. The van der Waals surface area contributed by atoms with Crippen LogP contribution >= 0.6 is 23.4 Å². The summed E-state index contributed by atoms with van der Waals surface area (Å²) in [5, 5.41) is 1.73. The molecule has 0 saturated carbocycles. The lowest BCUT2D eigenvalue weighted by Gasteiger charge is -2.30. The van der Waals surface area contributed by atoms with Gasteiger partial charge in [0.2, 0.25) is 0 Å². The van der Waals surface area contributed by atoms with Crippen LogP contribution in [0.4, 0.5) is 11.4 Å². The average Bonchev–Trinajstić information content (AvgIpc) is 3.00. The van der Waals surface area contributed by atoms with E-state index >= 15 is 0 Å². The number of allylic oxidation sites excluding steroid dienone is 1. The molecule has 4 rings (SSSR count). The molecular weight excluding hydrogens is 376 g/mol. The summed E-state index contributed by atoms with van der Waals surface area (Å²) < 4.78 is 0. The zero-order valence-corrected chi connectivity index (χ0v) is 17.0. The fourth-order valence-electron chi connectivity index (χ4n) is 3.66. The molecule has 2 aromatic rings. The summed E-state index contributed by atoms with van der Waals surface area (Å²) >= 11 is 7.71. The van der Waals surface area contributed by atoms with Gasteiger partial charge in [-0.2, -0.15) is 0 Å². The Morgan fingerprint density at radius 2 is 1.85 bits per heavy atom. The van der Waals surface area contributed by atoms with Gasteiger partial charge in [0.1, 0.15) is 0 Å².